The highest BCUT2D eigenvalue weighted by molar-refractivity contribution is 7.09. The van der Waals surface area contributed by atoms with E-state index >= 15 is 0 Å². The molecule has 76 valence electrons. The molecule has 0 atom stereocenters. The summed E-state index contributed by atoms with van der Waals surface area (Å²) in [7, 11) is 0. The van der Waals surface area contributed by atoms with E-state index in [2.05, 4.69) is 16.8 Å². The van der Waals surface area contributed by atoms with Gasteiger partial charge < -0.3 is 10.2 Å². The van der Waals surface area contributed by atoms with Crippen LogP contribution < -0.4 is 5.32 Å². The minimum atomic E-state index is 0.218. The number of carbonyl (C=O) groups is 1. The number of nitrogens with zero attached hydrogens (tertiary/aromatic N) is 1. The Morgan fingerprint density at radius 3 is 3.29 bits per heavy atom. The van der Waals surface area contributed by atoms with Gasteiger partial charge in [-0.1, -0.05) is 6.07 Å². The van der Waals surface area contributed by atoms with Crippen molar-refractivity contribution in [3.63, 3.8) is 0 Å². The number of rotatable bonds is 2. The second-order valence-electron chi connectivity index (χ2n) is 3.42. The van der Waals surface area contributed by atoms with E-state index in [1.54, 1.807) is 11.3 Å². The van der Waals surface area contributed by atoms with Crippen LogP contribution in [0.2, 0.25) is 0 Å². The van der Waals surface area contributed by atoms with Crippen molar-refractivity contribution in [2.45, 2.75) is 13.0 Å². The fourth-order valence-electron chi connectivity index (χ4n) is 1.58. The highest BCUT2D eigenvalue weighted by Crippen LogP contribution is 2.12. The smallest absolute Gasteiger partial charge is 0.236 e. The van der Waals surface area contributed by atoms with E-state index in [0.29, 0.717) is 6.54 Å². The summed E-state index contributed by atoms with van der Waals surface area (Å²) in [6, 6.07) is 4.11. The van der Waals surface area contributed by atoms with Crippen molar-refractivity contribution in [1.29, 1.82) is 0 Å². The van der Waals surface area contributed by atoms with Crippen LogP contribution in [0.15, 0.2) is 17.5 Å². The molecule has 1 N–H and O–H groups in total. The van der Waals surface area contributed by atoms with Gasteiger partial charge >= 0.3 is 0 Å². The van der Waals surface area contributed by atoms with Crippen LogP contribution in [0.3, 0.4) is 0 Å². The molecule has 1 aliphatic heterocycles. The highest BCUT2D eigenvalue weighted by atomic mass is 32.1. The van der Waals surface area contributed by atoms with Gasteiger partial charge in [-0.2, -0.15) is 0 Å². The Morgan fingerprint density at radius 2 is 2.50 bits per heavy atom. The van der Waals surface area contributed by atoms with Crippen LogP contribution in [0.1, 0.15) is 11.3 Å². The average Bonchev–Trinajstić information content (AvgIpc) is 2.60. The molecule has 2 heterocycles. The summed E-state index contributed by atoms with van der Waals surface area (Å²) in [5, 5.41) is 5.17. The van der Waals surface area contributed by atoms with Crippen LogP contribution in [0, 0.1) is 0 Å². The zero-order chi connectivity index (χ0) is 9.80. The van der Waals surface area contributed by atoms with E-state index in [4.69, 9.17) is 0 Å². The van der Waals surface area contributed by atoms with Gasteiger partial charge in [0.15, 0.2) is 0 Å². The predicted molar refractivity (Wildman–Crippen MR) is 57.2 cm³/mol. The summed E-state index contributed by atoms with van der Waals surface area (Å²) in [6.07, 6.45) is 1.05. The lowest BCUT2D eigenvalue weighted by Gasteiger charge is -2.18. The zero-order valence-corrected chi connectivity index (χ0v) is 8.85. The first-order valence-electron chi connectivity index (χ1n) is 4.87. The molecule has 1 aromatic rings. The third-order valence-corrected chi connectivity index (χ3v) is 3.20. The van der Waals surface area contributed by atoms with Crippen molar-refractivity contribution in [3.05, 3.63) is 22.4 Å². The number of amides is 1. The molecule has 1 fully saturated rings. The van der Waals surface area contributed by atoms with E-state index in [1.807, 2.05) is 11.0 Å². The molecule has 2 rings (SSSR count). The Bertz CT molecular complexity index is 297. The van der Waals surface area contributed by atoms with E-state index < -0.39 is 0 Å². The summed E-state index contributed by atoms with van der Waals surface area (Å²) in [6.45, 7) is 3.10. The first kappa shape index (κ1) is 9.68. The minimum Gasteiger partial charge on any atom is -0.336 e. The molecule has 1 aliphatic rings. The molecular formula is C10H14N2OS. The number of thiophene rings is 1. The molecule has 0 unspecified atom stereocenters. The molecule has 0 radical (unpaired) electrons. The number of carbonyl (C=O) groups excluding carboxylic acids is 1. The lowest BCUT2D eigenvalue weighted by atomic mass is 10.3. The van der Waals surface area contributed by atoms with E-state index in [9.17, 15) is 4.79 Å². The molecular weight excluding hydrogens is 196 g/mol. The lowest BCUT2D eigenvalue weighted by Crippen LogP contribution is -2.34. The Hall–Kier alpha value is -0.870. The largest absolute Gasteiger partial charge is 0.336 e. The van der Waals surface area contributed by atoms with Gasteiger partial charge in [-0.05, 0) is 24.4 Å². The summed E-state index contributed by atoms with van der Waals surface area (Å²) < 4.78 is 0. The standard InChI is InChI=1S/C10H14N2OS/c13-10-7-11-4-2-5-12(10)8-9-3-1-6-14-9/h1,3,6,11H,2,4-5,7-8H2. The molecule has 1 saturated heterocycles. The van der Waals surface area contributed by atoms with Crippen LogP contribution in [-0.4, -0.2) is 30.4 Å². The number of hydrogen-bond acceptors (Lipinski definition) is 3. The Balaban J connectivity index is 1.98. The van der Waals surface area contributed by atoms with Gasteiger partial charge in [0.25, 0.3) is 0 Å². The maximum Gasteiger partial charge on any atom is 0.236 e. The molecule has 0 aliphatic carbocycles. The summed E-state index contributed by atoms with van der Waals surface area (Å²) in [5.74, 6) is 0.218. The summed E-state index contributed by atoms with van der Waals surface area (Å²) in [5.41, 5.74) is 0. The van der Waals surface area contributed by atoms with Crippen molar-refractivity contribution < 1.29 is 4.79 Å². The van der Waals surface area contributed by atoms with Crippen molar-refractivity contribution in [2.75, 3.05) is 19.6 Å². The first-order valence-corrected chi connectivity index (χ1v) is 5.75. The van der Waals surface area contributed by atoms with Crippen LogP contribution in [-0.2, 0) is 11.3 Å². The quantitative estimate of drug-likeness (QED) is 0.792. The highest BCUT2D eigenvalue weighted by Gasteiger charge is 2.16. The predicted octanol–water partition coefficient (Wildman–Crippen LogP) is 1.07. The van der Waals surface area contributed by atoms with Gasteiger partial charge in [-0.3, -0.25) is 4.79 Å². The average molecular weight is 210 g/mol. The molecule has 0 bridgehead atoms. The molecule has 1 aromatic heterocycles. The van der Waals surface area contributed by atoms with Gasteiger partial charge in [0.2, 0.25) is 5.91 Å². The Kier molecular flexibility index (Phi) is 3.16. The third kappa shape index (κ3) is 2.33. The van der Waals surface area contributed by atoms with Crippen molar-refractivity contribution in [2.24, 2.45) is 0 Å². The molecule has 0 spiro atoms. The second-order valence-corrected chi connectivity index (χ2v) is 4.46. The zero-order valence-electron chi connectivity index (χ0n) is 8.03. The lowest BCUT2D eigenvalue weighted by molar-refractivity contribution is -0.130. The maximum atomic E-state index is 11.6. The van der Waals surface area contributed by atoms with E-state index in [0.717, 1.165) is 26.1 Å². The minimum absolute atomic E-state index is 0.218. The fourth-order valence-corrected chi connectivity index (χ4v) is 2.30. The van der Waals surface area contributed by atoms with Crippen LogP contribution in [0.5, 0.6) is 0 Å². The molecule has 0 aromatic carbocycles. The molecule has 1 amide bonds. The monoisotopic (exact) mass is 210 g/mol. The summed E-state index contributed by atoms with van der Waals surface area (Å²) >= 11 is 1.71. The molecule has 4 heteroatoms. The van der Waals surface area contributed by atoms with Crippen LogP contribution >= 0.6 is 11.3 Å². The maximum absolute atomic E-state index is 11.6. The van der Waals surface area contributed by atoms with Crippen molar-refractivity contribution >= 4 is 17.2 Å². The first-order chi connectivity index (χ1) is 6.86. The van der Waals surface area contributed by atoms with Gasteiger partial charge in [0.05, 0.1) is 13.1 Å². The second kappa shape index (κ2) is 4.57. The number of nitrogens with one attached hydrogen (secondary N) is 1. The van der Waals surface area contributed by atoms with Gasteiger partial charge in [-0.25, -0.2) is 0 Å². The third-order valence-electron chi connectivity index (χ3n) is 2.34. The summed E-state index contributed by atoms with van der Waals surface area (Å²) in [4.78, 5) is 14.8. The number of hydrogen-bond donors (Lipinski definition) is 1. The van der Waals surface area contributed by atoms with E-state index in [-0.39, 0.29) is 5.91 Å². The van der Waals surface area contributed by atoms with Crippen LogP contribution in [0.4, 0.5) is 0 Å². The topological polar surface area (TPSA) is 32.3 Å². The molecule has 0 saturated carbocycles. The van der Waals surface area contributed by atoms with Crippen LogP contribution in [0.25, 0.3) is 0 Å². The van der Waals surface area contributed by atoms with Gasteiger partial charge in [-0.15, -0.1) is 11.3 Å². The molecule has 3 nitrogen and oxygen atoms in total. The Morgan fingerprint density at radius 1 is 1.57 bits per heavy atom. The SMILES string of the molecule is O=C1CNCCCN1Cc1cccs1. The fraction of sp³-hybridized carbons (Fsp3) is 0.500. The normalized spacial score (nSPS) is 18.3. The van der Waals surface area contributed by atoms with Gasteiger partial charge in [0.1, 0.15) is 0 Å². The van der Waals surface area contributed by atoms with E-state index in [1.165, 1.54) is 4.88 Å². The van der Waals surface area contributed by atoms with Crippen molar-refractivity contribution in [1.82, 2.24) is 10.2 Å². The van der Waals surface area contributed by atoms with Gasteiger partial charge in [0, 0.05) is 11.4 Å². The molecule has 14 heavy (non-hydrogen) atoms. The van der Waals surface area contributed by atoms with Crippen molar-refractivity contribution in [3.8, 4) is 0 Å². The Labute approximate surface area is 87.7 Å².